The number of rotatable bonds is 5. The highest BCUT2D eigenvalue weighted by Crippen LogP contribution is 2.27. The average molecular weight is 381 g/mol. The molecule has 0 saturated heterocycles. The van der Waals surface area contributed by atoms with Crippen molar-refractivity contribution in [1.29, 1.82) is 0 Å². The maximum absolute atomic E-state index is 13.9. The number of sulfonamides is 1. The lowest BCUT2D eigenvalue weighted by molar-refractivity contribution is 0.180. The molecule has 2 N–H and O–H groups in total. The van der Waals surface area contributed by atoms with Crippen LogP contribution >= 0.6 is 0 Å². The molecule has 0 bridgehead atoms. The standard InChI is InChI=1S/C19H21F2NO3S/c20-15-5-10-18(19(21)11-15)14-3-8-17(9-4-14)26(24,25)22-16-6-1-13(12-23)2-7-16/h3-5,8-11,13,16,22-23H,1-2,6-7,12H2/t13-,16+. The Hall–Kier alpha value is -1.83. The van der Waals surface area contributed by atoms with Crippen molar-refractivity contribution in [3.8, 4) is 11.1 Å². The monoisotopic (exact) mass is 381 g/mol. The smallest absolute Gasteiger partial charge is 0.240 e. The normalized spacial score (nSPS) is 20.9. The van der Waals surface area contributed by atoms with E-state index in [1.807, 2.05) is 0 Å². The summed E-state index contributed by atoms with van der Waals surface area (Å²) < 4.78 is 54.6. The maximum atomic E-state index is 13.9. The molecule has 2 aromatic rings. The van der Waals surface area contributed by atoms with Crippen LogP contribution in [0.3, 0.4) is 0 Å². The predicted molar refractivity (Wildman–Crippen MR) is 94.9 cm³/mol. The van der Waals surface area contributed by atoms with Gasteiger partial charge < -0.3 is 5.11 Å². The SMILES string of the molecule is O=S(=O)(N[C@H]1CC[C@@H](CO)CC1)c1ccc(-c2ccc(F)cc2F)cc1. The zero-order valence-electron chi connectivity index (χ0n) is 14.2. The largest absolute Gasteiger partial charge is 0.396 e. The van der Waals surface area contributed by atoms with Gasteiger partial charge in [0.2, 0.25) is 10.0 Å². The number of aliphatic hydroxyl groups excluding tert-OH is 1. The molecule has 1 saturated carbocycles. The van der Waals surface area contributed by atoms with Gasteiger partial charge in [0.25, 0.3) is 0 Å². The molecule has 0 unspecified atom stereocenters. The zero-order valence-corrected chi connectivity index (χ0v) is 15.0. The molecular formula is C19H21F2NO3S. The van der Waals surface area contributed by atoms with Crippen molar-refractivity contribution < 1.29 is 22.3 Å². The van der Waals surface area contributed by atoms with Crippen molar-refractivity contribution in [2.75, 3.05) is 6.61 Å². The van der Waals surface area contributed by atoms with Gasteiger partial charge in [-0.1, -0.05) is 12.1 Å². The molecule has 1 fully saturated rings. The molecule has 0 atom stereocenters. The van der Waals surface area contributed by atoms with Gasteiger partial charge >= 0.3 is 0 Å². The first-order valence-electron chi connectivity index (χ1n) is 8.58. The van der Waals surface area contributed by atoms with Crippen molar-refractivity contribution in [2.45, 2.75) is 36.6 Å². The van der Waals surface area contributed by atoms with Gasteiger partial charge in [0.15, 0.2) is 0 Å². The van der Waals surface area contributed by atoms with Crippen molar-refractivity contribution in [1.82, 2.24) is 4.72 Å². The van der Waals surface area contributed by atoms with Crippen LogP contribution in [0.25, 0.3) is 11.1 Å². The molecule has 140 valence electrons. The molecule has 4 nitrogen and oxygen atoms in total. The molecule has 1 aliphatic rings. The maximum Gasteiger partial charge on any atom is 0.240 e. The van der Waals surface area contributed by atoms with Crippen LogP contribution in [0.1, 0.15) is 25.7 Å². The Kier molecular flexibility index (Phi) is 5.70. The van der Waals surface area contributed by atoms with Crippen LogP contribution in [0.4, 0.5) is 8.78 Å². The van der Waals surface area contributed by atoms with E-state index in [0.29, 0.717) is 18.4 Å². The quantitative estimate of drug-likeness (QED) is 0.834. The molecular weight excluding hydrogens is 360 g/mol. The molecule has 3 rings (SSSR count). The van der Waals surface area contributed by atoms with Crippen LogP contribution < -0.4 is 4.72 Å². The van der Waals surface area contributed by atoms with Crippen molar-refractivity contribution in [3.63, 3.8) is 0 Å². The highest BCUT2D eigenvalue weighted by Gasteiger charge is 2.25. The van der Waals surface area contributed by atoms with Crippen LogP contribution in [0.5, 0.6) is 0 Å². The lowest BCUT2D eigenvalue weighted by atomic mass is 9.87. The molecule has 0 aromatic heterocycles. The summed E-state index contributed by atoms with van der Waals surface area (Å²) in [6, 6.07) is 8.99. The molecule has 26 heavy (non-hydrogen) atoms. The van der Waals surface area contributed by atoms with Gasteiger partial charge in [0.05, 0.1) is 4.90 Å². The Morgan fingerprint density at radius 1 is 1.00 bits per heavy atom. The number of hydrogen-bond donors (Lipinski definition) is 2. The highest BCUT2D eigenvalue weighted by atomic mass is 32.2. The van der Waals surface area contributed by atoms with E-state index in [0.717, 1.165) is 25.0 Å². The molecule has 1 aliphatic carbocycles. The zero-order chi connectivity index (χ0) is 18.7. The first-order chi connectivity index (χ1) is 12.4. The molecule has 2 aromatic carbocycles. The molecule has 0 spiro atoms. The number of benzene rings is 2. The van der Waals surface area contributed by atoms with Gasteiger partial charge in [0.1, 0.15) is 11.6 Å². The first-order valence-corrected chi connectivity index (χ1v) is 10.1. The average Bonchev–Trinajstić information content (AvgIpc) is 2.62. The third-order valence-corrected chi connectivity index (χ3v) is 6.37. The highest BCUT2D eigenvalue weighted by molar-refractivity contribution is 7.89. The molecule has 0 radical (unpaired) electrons. The number of hydrogen-bond acceptors (Lipinski definition) is 3. The summed E-state index contributed by atoms with van der Waals surface area (Å²) in [6.07, 6.45) is 2.99. The number of nitrogens with one attached hydrogen (secondary N) is 1. The Balaban J connectivity index is 1.73. The van der Waals surface area contributed by atoms with Gasteiger partial charge in [-0.2, -0.15) is 0 Å². The predicted octanol–water partition coefficient (Wildman–Crippen LogP) is 3.46. The van der Waals surface area contributed by atoms with E-state index in [1.54, 1.807) is 0 Å². The van der Waals surface area contributed by atoms with Crippen LogP contribution in [0.2, 0.25) is 0 Å². The fourth-order valence-electron chi connectivity index (χ4n) is 3.29. The van der Waals surface area contributed by atoms with Crippen LogP contribution in [-0.2, 0) is 10.0 Å². The lowest BCUT2D eigenvalue weighted by Crippen LogP contribution is -2.38. The molecule has 0 aliphatic heterocycles. The summed E-state index contributed by atoms with van der Waals surface area (Å²) >= 11 is 0. The van der Waals surface area contributed by atoms with E-state index in [1.165, 1.54) is 30.3 Å². The van der Waals surface area contributed by atoms with Gasteiger partial charge in [-0.05, 0) is 61.4 Å². The van der Waals surface area contributed by atoms with E-state index in [4.69, 9.17) is 5.11 Å². The van der Waals surface area contributed by atoms with E-state index in [9.17, 15) is 17.2 Å². The molecule has 7 heteroatoms. The Labute approximate surface area is 151 Å². The van der Waals surface area contributed by atoms with Gasteiger partial charge in [0, 0.05) is 24.3 Å². The molecule has 0 amide bonds. The molecule has 0 heterocycles. The van der Waals surface area contributed by atoms with Gasteiger partial charge in [-0.3, -0.25) is 0 Å². The van der Waals surface area contributed by atoms with Crippen LogP contribution in [0.15, 0.2) is 47.4 Å². The van der Waals surface area contributed by atoms with E-state index in [-0.39, 0.29) is 29.0 Å². The number of halogens is 2. The third kappa shape index (κ3) is 4.28. The van der Waals surface area contributed by atoms with Gasteiger partial charge in [-0.25, -0.2) is 21.9 Å². The minimum Gasteiger partial charge on any atom is -0.396 e. The summed E-state index contributed by atoms with van der Waals surface area (Å²) in [4.78, 5) is 0.105. The summed E-state index contributed by atoms with van der Waals surface area (Å²) in [5.74, 6) is -1.11. The van der Waals surface area contributed by atoms with Crippen molar-refractivity contribution in [2.24, 2.45) is 5.92 Å². The second-order valence-corrected chi connectivity index (χ2v) is 8.38. The van der Waals surface area contributed by atoms with Crippen LogP contribution in [0, 0.1) is 17.6 Å². The Morgan fingerprint density at radius 3 is 2.23 bits per heavy atom. The summed E-state index contributed by atoms with van der Waals surface area (Å²) in [5.41, 5.74) is 0.690. The minimum absolute atomic E-state index is 0.105. The van der Waals surface area contributed by atoms with Crippen molar-refractivity contribution in [3.05, 3.63) is 54.1 Å². The Morgan fingerprint density at radius 2 is 1.65 bits per heavy atom. The third-order valence-electron chi connectivity index (χ3n) is 4.83. The van der Waals surface area contributed by atoms with E-state index < -0.39 is 21.7 Å². The fraction of sp³-hybridized carbons (Fsp3) is 0.368. The van der Waals surface area contributed by atoms with Crippen LogP contribution in [-0.4, -0.2) is 26.2 Å². The second kappa shape index (κ2) is 7.82. The summed E-state index contributed by atoms with van der Waals surface area (Å²) in [5, 5.41) is 9.16. The summed E-state index contributed by atoms with van der Waals surface area (Å²) in [6.45, 7) is 0.140. The fourth-order valence-corrected chi connectivity index (χ4v) is 4.59. The summed E-state index contributed by atoms with van der Waals surface area (Å²) in [7, 11) is -3.67. The lowest BCUT2D eigenvalue weighted by Gasteiger charge is -2.27. The Bertz CT molecular complexity index is 861. The topological polar surface area (TPSA) is 66.4 Å². The van der Waals surface area contributed by atoms with Crippen molar-refractivity contribution >= 4 is 10.0 Å². The van der Waals surface area contributed by atoms with E-state index >= 15 is 0 Å². The minimum atomic E-state index is -3.67. The first kappa shape index (κ1) is 18.9. The van der Waals surface area contributed by atoms with E-state index in [2.05, 4.69) is 4.72 Å². The second-order valence-electron chi connectivity index (χ2n) is 6.67. The number of aliphatic hydroxyl groups is 1. The van der Waals surface area contributed by atoms with Gasteiger partial charge in [-0.15, -0.1) is 0 Å².